The van der Waals surface area contributed by atoms with Crippen LogP contribution in [0.1, 0.15) is 24.0 Å². The fourth-order valence-corrected chi connectivity index (χ4v) is 4.51. The highest BCUT2D eigenvalue weighted by molar-refractivity contribution is 5.77. The molecule has 9 nitrogen and oxygen atoms in total. The van der Waals surface area contributed by atoms with Gasteiger partial charge < -0.3 is 9.80 Å². The average Bonchev–Trinajstić information content (AvgIpc) is 3.59. The summed E-state index contributed by atoms with van der Waals surface area (Å²) in [4.78, 5) is 18.3. The van der Waals surface area contributed by atoms with Crippen molar-refractivity contribution in [3.05, 3.63) is 84.6 Å². The molecule has 0 aliphatic carbocycles. The molecule has 5 aromatic rings. The molecular formula is C25H24FN9. The Morgan fingerprint density at radius 1 is 0.886 bits per heavy atom. The second-order valence-corrected chi connectivity index (χ2v) is 8.69. The molecule has 1 atom stereocenters. The third-order valence-electron chi connectivity index (χ3n) is 6.61. The number of H-pyrrole nitrogens is 1. The Hall–Kier alpha value is -4.34. The molecule has 6 rings (SSSR count). The number of halogens is 1. The summed E-state index contributed by atoms with van der Waals surface area (Å²) in [5, 5.41) is 11.3. The number of piperazine rings is 1. The number of nitrogens with zero attached hydrogens (tertiary/aromatic N) is 8. The van der Waals surface area contributed by atoms with Gasteiger partial charge in [0.1, 0.15) is 17.7 Å². The Bertz CT molecular complexity index is 1420. The van der Waals surface area contributed by atoms with Gasteiger partial charge in [0.2, 0.25) is 5.95 Å². The van der Waals surface area contributed by atoms with Crippen LogP contribution in [0.4, 0.5) is 16.2 Å². The van der Waals surface area contributed by atoms with E-state index in [0.29, 0.717) is 0 Å². The average molecular weight is 470 g/mol. The molecule has 1 unspecified atom stereocenters. The number of rotatable bonds is 5. The van der Waals surface area contributed by atoms with Gasteiger partial charge >= 0.3 is 0 Å². The molecule has 0 amide bonds. The van der Waals surface area contributed by atoms with E-state index in [9.17, 15) is 4.39 Å². The van der Waals surface area contributed by atoms with Gasteiger partial charge in [0.15, 0.2) is 5.82 Å². The lowest BCUT2D eigenvalue weighted by molar-refractivity contribution is 0.626. The van der Waals surface area contributed by atoms with Crippen molar-refractivity contribution in [3.63, 3.8) is 0 Å². The fourth-order valence-electron chi connectivity index (χ4n) is 4.51. The number of nitrogens with one attached hydrogen (secondary N) is 1. The molecule has 0 bridgehead atoms. The highest BCUT2D eigenvalue weighted by Crippen LogP contribution is 2.28. The van der Waals surface area contributed by atoms with Crippen LogP contribution in [0.3, 0.4) is 0 Å². The second kappa shape index (κ2) is 8.79. The number of hydrogen-bond acceptors (Lipinski definition) is 7. The zero-order valence-corrected chi connectivity index (χ0v) is 19.2. The first kappa shape index (κ1) is 21.2. The molecule has 1 fully saturated rings. The molecule has 4 aromatic heterocycles. The lowest BCUT2D eigenvalue weighted by Gasteiger charge is -2.35. The van der Waals surface area contributed by atoms with E-state index in [1.807, 2.05) is 29.3 Å². The van der Waals surface area contributed by atoms with Gasteiger partial charge in [-0.3, -0.25) is 5.10 Å². The quantitative estimate of drug-likeness (QED) is 0.421. The zero-order chi connectivity index (χ0) is 23.8. The Morgan fingerprint density at radius 3 is 2.34 bits per heavy atom. The number of hydrogen-bond donors (Lipinski definition) is 1. The molecule has 5 heterocycles. The van der Waals surface area contributed by atoms with Gasteiger partial charge in [0.25, 0.3) is 0 Å². The van der Waals surface area contributed by atoms with Gasteiger partial charge in [-0.15, -0.1) is 0 Å². The summed E-state index contributed by atoms with van der Waals surface area (Å²) in [6.07, 6.45) is 11.0. The molecule has 1 aromatic carbocycles. The number of aromatic amines is 1. The maximum atomic E-state index is 13.2. The van der Waals surface area contributed by atoms with Crippen molar-refractivity contribution in [2.24, 2.45) is 0 Å². The smallest absolute Gasteiger partial charge is 0.225 e. The van der Waals surface area contributed by atoms with Gasteiger partial charge in [-0.1, -0.05) is 19.1 Å². The van der Waals surface area contributed by atoms with Crippen LogP contribution >= 0.6 is 0 Å². The van der Waals surface area contributed by atoms with Crippen molar-refractivity contribution in [2.75, 3.05) is 36.0 Å². The Morgan fingerprint density at radius 2 is 1.63 bits per heavy atom. The summed E-state index contributed by atoms with van der Waals surface area (Å²) in [5.41, 5.74) is 5.06. The minimum absolute atomic E-state index is 0.0932. The van der Waals surface area contributed by atoms with Gasteiger partial charge in [0, 0.05) is 68.0 Å². The molecule has 1 N–H and O–H groups in total. The Kier molecular flexibility index (Phi) is 5.32. The van der Waals surface area contributed by atoms with Crippen LogP contribution in [-0.2, 0) is 0 Å². The SMILES string of the molecule is CC(c1ccc(F)cc1)c1cnc(N2CCN(c3ncnn4cc(-c5cn[nH]c5)cc34)CC2)nc1. The van der Waals surface area contributed by atoms with Crippen molar-refractivity contribution in [1.29, 1.82) is 0 Å². The maximum absolute atomic E-state index is 13.2. The topological polar surface area (TPSA) is 91.1 Å². The predicted molar refractivity (Wildman–Crippen MR) is 131 cm³/mol. The van der Waals surface area contributed by atoms with Gasteiger partial charge in [-0.05, 0) is 29.3 Å². The number of benzene rings is 1. The van der Waals surface area contributed by atoms with E-state index < -0.39 is 0 Å². The highest BCUT2D eigenvalue weighted by Gasteiger charge is 2.23. The van der Waals surface area contributed by atoms with Crippen molar-refractivity contribution < 1.29 is 4.39 Å². The molecule has 176 valence electrons. The first-order valence-electron chi connectivity index (χ1n) is 11.6. The number of aromatic nitrogens is 7. The van der Waals surface area contributed by atoms with Crippen LogP contribution in [-0.4, -0.2) is 60.9 Å². The lowest BCUT2D eigenvalue weighted by atomic mass is 9.95. The van der Waals surface area contributed by atoms with Gasteiger partial charge in [-0.25, -0.2) is 23.9 Å². The fraction of sp³-hybridized carbons (Fsp3) is 0.240. The molecule has 1 aliphatic rings. The Labute approximate surface area is 201 Å². The van der Waals surface area contributed by atoms with E-state index in [0.717, 1.165) is 65.7 Å². The molecular weight excluding hydrogens is 445 g/mol. The summed E-state index contributed by atoms with van der Waals surface area (Å²) < 4.78 is 15.1. The van der Waals surface area contributed by atoms with E-state index >= 15 is 0 Å². The van der Waals surface area contributed by atoms with Crippen molar-refractivity contribution in [2.45, 2.75) is 12.8 Å². The highest BCUT2D eigenvalue weighted by atomic mass is 19.1. The minimum atomic E-state index is -0.232. The standard InChI is InChI=1S/C25H24FN9/c1-17(18-2-4-22(26)5-3-18)20-11-27-25(28-12-20)34-8-6-33(7-9-34)24-23-10-19(21-13-30-31-14-21)15-35(23)32-16-29-24/h2-5,10-17H,6-9H2,1H3,(H,30,31). The number of fused-ring (bicyclic) bond motifs is 1. The van der Waals surface area contributed by atoms with Crippen molar-refractivity contribution in [1.82, 2.24) is 34.8 Å². The largest absolute Gasteiger partial charge is 0.351 e. The predicted octanol–water partition coefficient (Wildman–Crippen LogP) is 3.53. The third kappa shape index (κ3) is 4.07. The summed E-state index contributed by atoms with van der Waals surface area (Å²) in [6, 6.07) is 8.67. The molecule has 0 spiro atoms. The molecule has 1 aliphatic heterocycles. The van der Waals surface area contributed by atoms with E-state index in [4.69, 9.17) is 0 Å². The van der Waals surface area contributed by atoms with Gasteiger partial charge in [-0.2, -0.15) is 10.2 Å². The van der Waals surface area contributed by atoms with Crippen LogP contribution in [0.15, 0.2) is 67.6 Å². The normalized spacial score (nSPS) is 15.0. The summed E-state index contributed by atoms with van der Waals surface area (Å²) in [6.45, 7) is 5.26. The van der Waals surface area contributed by atoms with Crippen LogP contribution in [0.2, 0.25) is 0 Å². The van der Waals surface area contributed by atoms with Crippen LogP contribution < -0.4 is 9.80 Å². The summed E-state index contributed by atoms with van der Waals surface area (Å²) >= 11 is 0. The molecule has 1 saturated heterocycles. The van der Waals surface area contributed by atoms with Crippen LogP contribution in [0, 0.1) is 5.82 Å². The van der Waals surface area contributed by atoms with Crippen molar-refractivity contribution >= 4 is 17.3 Å². The molecule has 35 heavy (non-hydrogen) atoms. The maximum Gasteiger partial charge on any atom is 0.225 e. The monoisotopic (exact) mass is 469 g/mol. The minimum Gasteiger partial charge on any atom is -0.351 e. The van der Waals surface area contributed by atoms with Crippen molar-refractivity contribution in [3.8, 4) is 11.1 Å². The second-order valence-electron chi connectivity index (χ2n) is 8.69. The molecule has 10 heteroatoms. The first-order valence-corrected chi connectivity index (χ1v) is 11.6. The van der Waals surface area contributed by atoms with Gasteiger partial charge in [0.05, 0.1) is 6.20 Å². The third-order valence-corrected chi connectivity index (χ3v) is 6.61. The summed E-state index contributed by atoms with van der Waals surface area (Å²) in [5.74, 6) is 1.50. The van der Waals surface area contributed by atoms with Crippen LogP contribution in [0.5, 0.6) is 0 Å². The van der Waals surface area contributed by atoms with E-state index in [1.54, 1.807) is 24.7 Å². The number of anilines is 2. The van der Waals surface area contributed by atoms with Crippen LogP contribution in [0.25, 0.3) is 16.6 Å². The Balaban J connectivity index is 1.15. The van der Waals surface area contributed by atoms with E-state index in [2.05, 4.69) is 53.0 Å². The molecule has 0 saturated carbocycles. The zero-order valence-electron chi connectivity index (χ0n) is 19.2. The lowest BCUT2D eigenvalue weighted by Crippen LogP contribution is -2.47. The summed E-state index contributed by atoms with van der Waals surface area (Å²) in [7, 11) is 0. The van der Waals surface area contributed by atoms with E-state index in [-0.39, 0.29) is 11.7 Å². The van der Waals surface area contributed by atoms with E-state index in [1.165, 1.54) is 12.1 Å². The first-order chi connectivity index (χ1) is 17.2. The molecule has 0 radical (unpaired) electrons.